The number of hydrogen-bond acceptors (Lipinski definition) is 7. The smallest absolute Gasteiger partial charge is 0.543 e. The number of carbonyl (C=O) groups is 3. The van der Waals surface area contributed by atoms with Gasteiger partial charge in [-0.05, 0) is 19.8 Å². The van der Waals surface area contributed by atoms with Crippen molar-refractivity contribution in [2.75, 3.05) is 13.1 Å². The molecule has 0 aliphatic carbocycles. The van der Waals surface area contributed by atoms with Crippen molar-refractivity contribution in [1.82, 2.24) is 15.5 Å². The average Bonchev–Trinajstić information content (AvgIpc) is 3.25. The van der Waals surface area contributed by atoms with Gasteiger partial charge in [-0.3, -0.25) is 9.59 Å². The van der Waals surface area contributed by atoms with Gasteiger partial charge in [0, 0.05) is 35.7 Å². The minimum atomic E-state index is -1.34. The number of fused-ring (bicyclic) bond motifs is 1. The van der Waals surface area contributed by atoms with Crippen molar-refractivity contribution in [3.05, 3.63) is 10.6 Å². The molecule has 0 aromatic heterocycles. The number of hydrogen-bond donors (Lipinski definition) is 3. The van der Waals surface area contributed by atoms with Crippen molar-refractivity contribution in [1.29, 1.82) is 0 Å². The van der Waals surface area contributed by atoms with Gasteiger partial charge in [-0.15, -0.1) is 11.8 Å². The molecule has 8 nitrogen and oxygen atoms in total. The monoisotopic (exact) mass is 403 g/mol. The van der Waals surface area contributed by atoms with E-state index < -0.39 is 18.0 Å². The number of carbonyl (C=O) groups excluding carboxylic acids is 3. The molecule has 0 bridgehead atoms. The van der Waals surface area contributed by atoms with Crippen molar-refractivity contribution < 1.29 is 54.2 Å². The first kappa shape index (κ1) is 21.1. The summed E-state index contributed by atoms with van der Waals surface area (Å²) < 4.78 is 0. The number of nitrogens with zero attached hydrogens (tertiary/aromatic N) is 1. The number of β-lactam (4-membered cyclic amide) rings is 1. The van der Waals surface area contributed by atoms with Crippen molar-refractivity contribution in [2.45, 2.75) is 49.6 Å². The summed E-state index contributed by atoms with van der Waals surface area (Å²) in [5.74, 6) is -2.17. The Hall–Kier alpha value is -0.580. The van der Waals surface area contributed by atoms with Crippen LogP contribution >= 0.6 is 11.8 Å². The van der Waals surface area contributed by atoms with E-state index in [1.165, 1.54) is 16.7 Å². The maximum atomic E-state index is 12.2. The third-order valence-electron chi connectivity index (χ3n) is 5.89. The Labute approximate surface area is 183 Å². The number of amides is 2. The van der Waals surface area contributed by atoms with Gasteiger partial charge in [0.1, 0.15) is 0 Å². The topological polar surface area (TPSA) is 122 Å². The number of carboxylic acid groups (broad SMARTS) is 1. The van der Waals surface area contributed by atoms with Crippen LogP contribution in [0.25, 0.3) is 0 Å². The molecule has 4 heterocycles. The summed E-state index contributed by atoms with van der Waals surface area (Å²) in [6.07, 6.45) is 1.25. The third kappa shape index (κ3) is 3.58. The molecule has 27 heavy (non-hydrogen) atoms. The van der Waals surface area contributed by atoms with E-state index in [1.54, 1.807) is 6.92 Å². The second-order valence-corrected chi connectivity index (χ2v) is 8.88. The fourth-order valence-corrected chi connectivity index (χ4v) is 6.10. The minimum absolute atomic E-state index is 0. The predicted molar refractivity (Wildman–Crippen MR) is 91.4 cm³/mol. The van der Waals surface area contributed by atoms with Crippen LogP contribution in [0.1, 0.15) is 26.2 Å². The van der Waals surface area contributed by atoms with Gasteiger partial charge in [-0.2, -0.15) is 0 Å². The van der Waals surface area contributed by atoms with Gasteiger partial charge >= 0.3 is 29.6 Å². The Kier molecular flexibility index (Phi) is 6.29. The van der Waals surface area contributed by atoms with Crippen LogP contribution in [-0.2, 0) is 14.4 Å². The Morgan fingerprint density at radius 2 is 2.15 bits per heavy atom. The van der Waals surface area contributed by atoms with Crippen molar-refractivity contribution in [3.8, 4) is 0 Å². The van der Waals surface area contributed by atoms with E-state index in [1.807, 2.05) is 0 Å². The standard InChI is InChI=1S/C17H23N3O5S.Na/c1-7(21)13-11-5-12(14(17(24)25)20(11)16(13)23)26-8-4-10(19-6-8)9-2-3-18-15(9)22;/h7-11,13,19,21H,2-6H2,1H3,(H,18,22)(H,24,25);/q;+1/p-1/t7-,8+,9?,10+,11-,13-;/m1./s1. The summed E-state index contributed by atoms with van der Waals surface area (Å²) >= 11 is 1.47. The van der Waals surface area contributed by atoms with Gasteiger partial charge in [0.25, 0.3) is 0 Å². The molecule has 4 rings (SSSR count). The zero-order chi connectivity index (χ0) is 18.6. The SMILES string of the molecule is C[C@@H](O)[C@H]1C(=O)N2C(C(=O)[O-])=C(S[C@@H]3CN[C@H](C4CCNC4=O)C3)C[C@H]12.[Na+]. The van der Waals surface area contributed by atoms with Gasteiger partial charge in [-0.1, -0.05) is 0 Å². The number of aliphatic carboxylic acids is 1. The van der Waals surface area contributed by atoms with E-state index >= 15 is 0 Å². The van der Waals surface area contributed by atoms with Crippen LogP contribution in [0.3, 0.4) is 0 Å². The van der Waals surface area contributed by atoms with Crippen LogP contribution in [0.2, 0.25) is 0 Å². The second-order valence-electron chi connectivity index (χ2n) is 7.48. The fourth-order valence-electron chi connectivity index (χ4n) is 4.65. The zero-order valence-electron chi connectivity index (χ0n) is 15.4. The normalized spacial score (nSPS) is 36.2. The number of aliphatic hydroxyl groups excluding tert-OH is 1. The number of rotatable bonds is 5. The number of thioether (sulfide) groups is 1. The maximum absolute atomic E-state index is 12.2. The molecular formula is C17H22N3NaO5S. The molecular weight excluding hydrogens is 381 g/mol. The molecule has 0 aromatic carbocycles. The van der Waals surface area contributed by atoms with Gasteiger partial charge < -0.3 is 30.5 Å². The van der Waals surface area contributed by atoms with Gasteiger partial charge in [-0.25, -0.2) is 0 Å². The Balaban J connectivity index is 0.00000210. The summed E-state index contributed by atoms with van der Waals surface area (Å²) in [6, 6.07) is -0.184. The van der Waals surface area contributed by atoms with Crippen molar-refractivity contribution in [2.24, 2.45) is 11.8 Å². The van der Waals surface area contributed by atoms with Gasteiger partial charge in [0.2, 0.25) is 11.8 Å². The largest absolute Gasteiger partial charge is 1.00 e. The van der Waals surface area contributed by atoms with E-state index in [4.69, 9.17) is 0 Å². The molecule has 4 aliphatic rings. The van der Waals surface area contributed by atoms with Crippen LogP contribution in [0.5, 0.6) is 0 Å². The van der Waals surface area contributed by atoms with E-state index in [9.17, 15) is 24.6 Å². The molecule has 0 radical (unpaired) electrons. The summed E-state index contributed by atoms with van der Waals surface area (Å²) in [4.78, 5) is 37.6. The van der Waals surface area contributed by atoms with Crippen molar-refractivity contribution in [3.63, 3.8) is 0 Å². The molecule has 3 N–H and O–H groups in total. The molecule has 4 aliphatic heterocycles. The molecule has 10 heteroatoms. The van der Waals surface area contributed by atoms with E-state index in [0.29, 0.717) is 24.4 Å². The molecule has 142 valence electrons. The Morgan fingerprint density at radius 3 is 2.74 bits per heavy atom. The summed E-state index contributed by atoms with van der Waals surface area (Å²) in [5, 5.41) is 27.8. The first-order chi connectivity index (χ1) is 12.4. The Morgan fingerprint density at radius 1 is 1.41 bits per heavy atom. The van der Waals surface area contributed by atoms with Crippen LogP contribution in [0, 0.1) is 11.8 Å². The molecule has 0 saturated carbocycles. The number of carboxylic acids is 1. The fraction of sp³-hybridized carbons (Fsp3) is 0.706. The van der Waals surface area contributed by atoms with Crippen LogP contribution in [-0.4, -0.2) is 64.3 Å². The molecule has 6 atom stereocenters. The minimum Gasteiger partial charge on any atom is -0.543 e. The molecule has 3 saturated heterocycles. The van der Waals surface area contributed by atoms with E-state index in [-0.39, 0.29) is 70.3 Å². The Bertz CT molecular complexity index is 700. The maximum Gasteiger partial charge on any atom is 1.00 e. The average molecular weight is 403 g/mol. The predicted octanol–water partition coefficient (Wildman–Crippen LogP) is -4.84. The molecule has 0 aromatic rings. The molecule has 1 unspecified atom stereocenters. The number of aliphatic hydroxyl groups is 1. The first-order valence-electron chi connectivity index (χ1n) is 9.02. The summed E-state index contributed by atoms with van der Waals surface area (Å²) in [5.41, 5.74) is -0.0380. The van der Waals surface area contributed by atoms with E-state index in [0.717, 1.165) is 12.8 Å². The molecule has 0 spiro atoms. The third-order valence-corrected chi connectivity index (χ3v) is 7.23. The zero-order valence-corrected chi connectivity index (χ0v) is 18.3. The molecule has 3 fully saturated rings. The van der Waals surface area contributed by atoms with Crippen LogP contribution < -0.4 is 45.3 Å². The van der Waals surface area contributed by atoms with Crippen LogP contribution in [0.15, 0.2) is 10.6 Å². The van der Waals surface area contributed by atoms with Gasteiger partial charge in [0.15, 0.2) is 0 Å². The van der Waals surface area contributed by atoms with Crippen LogP contribution in [0.4, 0.5) is 0 Å². The summed E-state index contributed by atoms with van der Waals surface area (Å²) in [6.45, 7) is 2.96. The number of nitrogens with one attached hydrogen (secondary N) is 2. The second kappa shape index (κ2) is 8.04. The molecule has 2 amide bonds. The first-order valence-corrected chi connectivity index (χ1v) is 9.89. The van der Waals surface area contributed by atoms with Crippen molar-refractivity contribution >= 4 is 29.5 Å². The van der Waals surface area contributed by atoms with Gasteiger partial charge in [0.05, 0.1) is 35.6 Å². The summed E-state index contributed by atoms with van der Waals surface area (Å²) in [7, 11) is 0. The van der Waals surface area contributed by atoms with E-state index in [2.05, 4.69) is 10.6 Å². The quantitative estimate of drug-likeness (QED) is 0.311.